The highest BCUT2D eigenvalue weighted by Crippen LogP contribution is 2.12. The van der Waals surface area contributed by atoms with Gasteiger partial charge in [-0.1, -0.05) is 13.8 Å². The smallest absolute Gasteiger partial charge is 0.141 e. The molecule has 1 unspecified atom stereocenters. The highest BCUT2D eigenvalue weighted by molar-refractivity contribution is 5.34. The van der Waals surface area contributed by atoms with E-state index >= 15 is 0 Å². The van der Waals surface area contributed by atoms with Crippen LogP contribution in [0.4, 0.5) is 10.2 Å². The van der Waals surface area contributed by atoms with Crippen molar-refractivity contribution in [1.29, 1.82) is 0 Å². The number of pyridine rings is 1. The molecule has 15 heavy (non-hydrogen) atoms. The zero-order valence-electron chi connectivity index (χ0n) is 9.20. The Labute approximate surface area is 89.9 Å². The zero-order chi connectivity index (χ0) is 11.3. The van der Waals surface area contributed by atoms with Gasteiger partial charge in [-0.25, -0.2) is 9.37 Å². The number of halogens is 1. The molecule has 1 rings (SSSR count). The van der Waals surface area contributed by atoms with E-state index in [-0.39, 0.29) is 11.9 Å². The minimum atomic E-state index is -0.319. The first kappa shape index (κ1) is 11.9. The Morgan fingerprint density at radius 2 is 2.20 bits per heavy atom. The molecule has 0 spiro atoms. The fourth-order valence-corrected chi connectivity index (χ4v) is 1.40. The third kappa shape index (κ3) is 3.83. The van der Waals surface area contributed by atoms with E-state index in [1.54, 1.807) is 6.07 Å². The lowest BCUT2D eigenvalue weighted by Crippen LogP contribution is -2.28. The number of aromatic nitrogens is 1. The van der Waals surface area contributed by atoms with Gasteiger partial charge in [0, 0.05) is 6.04 Å². The summed E-state index contributed by atoms with van der Waals surface area (Å²) < 4.78 is 12.6. The molecular formula is C11H18FN3. The van der Waals surface area contributed by atoms with Crippen molar-refractivity contribution in [2.45, 2.75) is 26.3 Å². The molecule has 84 valence electrons. The first-order valence-corrected chi connectivity index (χ1v) is 5.21. The van der Waals surface area contributed by atoms with Crippen LogP contribution in [0.3, 0.4) is 0 Å². The fourth-order valence-electron chi connectivity index (χ4n) is 1.40. The molecule has 3 nitrogen and oxygen atoms in total. The Balaban J connectivity index is 2.61. The summed E-state index contributed by atoms with van der Waals surface area (Å²) in [4.78, 5) is 3.96. The van der Waals surface area contributed by atoms with Crippen molar-refractivity contribution in [3.63, 3.8) is 0 Å². The minimum Gasteiger partial charge on any atom is -0.367 e. The van der Waals surface area contributed by atoms with Gasteiger partial charge in [0.25, 0.3) is 0 Å². The average molecular weight is 211 g/mol. The number of nitrogens with one attached hydrogen (secondary N) is 1. The lowest BCUT2D eigenvalue weighted by molar-refractivity contribution is 0.497. The van der Waals surface area contributed by atoms with E-state index in [9.17, 15) is 4.39 Å². The van der Waals surface area contributed by atoms with E-state index in [2.05, 4.69) is 24.1 Å². The van der Waals surface area contributed by atoms with Crippen molar-refractivity contribution in [2.24, 2.45) is 11.7 Å². The van der Waals surface area contributed by atoms with E-state index in [0.717, 1.165) is 6.42 Å². The molecule has 0 saturated carbocycles. The Morgan fingerprint density at radius 3 is 2.67 bits per heavy atom. The maximum absolute atomic E-state index is 12.6. The molecule has 0 aliphatic heterocycles. The number of hydrogen-bond donors (Lipinski definition) is 2. The van der Waals surface area contributed by atoms with Gasteiger partial charge in [-0.2, -0.15) is 0 Å². The number of rotatable bonds is 5. The van der Waals surface area contributed by atoms with Gasteiger partial charge in [0.1, 0.15) is 11.6 Å². The number of nitrogens with zero attached hydrogens (tertiary/aromatic N) is 1. The summed E-state index contributed by atoms with van der Waals surface area (Å²) in [6.45, 7) is 4.88. The van der Waals surface area contributed by atoms with Gasteiger partial charge in [-0.15, -0.1) is 0 Å². The molecule has 1 atom stereocenters. The molecule has 0 fully saturated rings. The van der Waals surface area contributed by atoms with E-state index in [1.165, 1.54) is 12.3 Å². The summed E-state index contributed by atoms with van der Waals surface area (Å²) in [7, 11) is 0. The molecular weight excluding hydrogens is 193 g/mol. The summed E-state index contributed by atoms with van der Waals surface area (Å²) in [6.07, 6.45) is 2.10. The third-order valence-corrected chi connectivity index (χ3v) is 2.34. The summed E-state index contributed by atoms with van der Waals surface area (Å²) in [6, 6.07) is 3.32. The molecule has 3 N–H and O–H groups in total. The SMILES string of the molecule is CC(C)C(CCN)Nc1ccc(F)cn1. The lowest BCUT2D eigenvalue weighted by atomic mass is 10.0. The molecule has 0 aromatic carbocycles. The second kappa shape index (κ2) is 5.66. The van der Waals surface area contributed by atoms with Crippen molar-refractivity contribution in [1.82, 2.24) is 4.98 Å². The van der Waals surface area contributed by atoms with Crippen molar-refractivity contribution >= 4 is 5.82 Å². The number of hydrogen-bond acceptors (Lipinski definition) is 3. The first-order chi connectivity index (χ1) is 7.13. The average Bonchev–Trinajstić information content (AvgIpc) is 2.20. The molecule has 0 aliphatic rings. The van der Waals surface area contributed by atoms with Gasteiger partial charge in [-0.05, 0) is 31.0 Å². The Morgan fingerprint density at radius 1 is 1.47 bits per heavy atom. The van der Waals surface area contributed by atoms with Gasteiger partial charge in [0.2, 0.25) is 0 Å². The van der Waals surface area contributed by atoms with Gasteiger partial charge >= 0.3 is 0 Å². The maximum Gasteiger partial charge on any atom is 0.141 e. The molecule has 1 heterocycles. The number of nitrogens with two attached hydrogens (primary N) is 1. The Hall–Kier alpha value is -1.16. The van der Waals surface area contributed by atoms with Gasteiger partial charge in [0.05, 0.1) is 6.20 Å². The monoisotopic (exact) mass is 211 g/mol. The zero-order valence-corrected chi connectivity index (χ0v) is 9.20. The van der Waals surface area contributed by atoms with Crippen LogP contribution < -0.4 is 11.1 Å². The largest absolute Gasteiger partial charge is 0.367 e. The van der Waals surface area contributed by atoms with Crippen LogP contribution in [-0.4, -0.2) is 17.6 Å². The predicted octanol–water partition coefficient (Wildman–Crippen LogP) is 2.01. The van der Waals surface area contributed by atoms with Crippen LogP contribution in [0.2, 0.25) is 0 Å². The second-order valence-electron chi connectivity index (χ2n) is 3.93. The van der Waals surface area contributed by atoms with Gasteiger partial charge in [0.15, 0.2) is 0 Å². The summed E-state index contributed by atoms with van der Waals surface area (Å²) in [5.74, 6) is 0.851. The van der Waals surface area contributed by atoms with Crippen LogP contribution in [0.25, 0.3) is 0 Å². The second-order valence-corrected chi connectivity index (χ2v) is 3.93. The molecule has 0 saturated heterocycles. The molecule has 0 radical (unpaired) electrons. The van der Waals surface area contributed by atoms with Gasteiger partial charge < -0.3 is 11.1 Å². The third-order valence-electron chi connectivity index (χ3n) is 2.34. The van der Waals surface area contributed by atoms with Crippen molar-refractivity contribution in [2.75, 3.05) is 11.9 Å². The van der Waals surface area contributed by atoms with Crippen LogP contribution in [0.15, 0.2) is 18.3 Å². The van der Waals surface area contributed by atoms with E-state index in [1.807, 2.05) is 0 Å². The molecule has 4 heteroatoms. The molecule has 0 amide bonds. The van der Waals surface area contributed by atoms with E-state index in [0.29, 0.717) is 18.3 Å². The molecule has 1 aromatic rings. The van der Waals surface area contributed by atoms with Crippen molar-refractivity contribution in [3.05, 3.63) is 24.1 Å². The summed E-state index contributed by atoms with van der Waals surface area (Å²) in [5, 5.41) is 3.25. The normalized spacial score (nSPS) is 12.9. The molecule has 1 aromatic heterocycles. The molecule has 0 bridgehead atoms. The van der Waals surface area contributed by atoms with Crippen LogP contribution in [0, 0.1) is 11.7 Å². The van der Waals surface area contributed by atoms with Crippen molar-refractivity contribution in [3.8, 4) is 0 Å². The highest BCUT2D eigenvalue weighted by atomic mass is 19.1. The quantitative estimate of drug-likeness (QED) is 0.783. The summed E-state index contributed by atoms with van der Waals surface area (Å²) in [5.41, 5.74) is 5.52. The van der Waals surface area contributed by atoms with Crippen molar-refractivity contribution < 1.29 is 4.39 Å². The maximum atomic E-state index is 12.6. The lowest BCUT2D eigenvalue weighted by Gasteiger charge is -2.22. The number of anilines is 1. The van der Waals surface area contributed by atoms with E-state index < -0.39 is 0 Å². The molecule has 0 aliphatic carbocycles. The van der Waals surface area contributed by atoms with Crippen LogP contribution >= 0.6 is 0 Å². The minimum absolute atomic E-state index is 0.285. The highest BCUT2D eigenvalue weighted by Gasteiger charge is 2.12. The van der Waals surface area contributed by atoms with Crippen LogP contribution in [0.5, 0.6) is 0 Å². The topological polar surface area (TPSA) is 50.9 Å². The van der Waals surface area contributed by atoms with Crippen LogP contribution in [0.1, 0.15) is 20.3 Å². The Bertz CT molecular complexity index is 284. The first-order valence-electron chi connectivity index (χ1n) is 5.21. The summed E-state index contributed by atoms with van der Waals surface area (Å²) >= 11 is 0. The van der Waals surface area contributed by atoms with Gasteiger partial charge in [-0.3, -0.25) is 0 Å². The predicted molar refractivity (Wildman–Crippen MR) is 60.1 cm³/mol. The standard InChI is InChI=1S/C11H18FN3/c1-8(2)10(5-6-13)15-11-4-3-9(12)7-14-11/h3-4,7-8,10H,5-6,13H2,1-2H3,(H,14,15). The fraction of sp³-hybridized carbons (Fsp3) is 0.545. The van der Waals surface area contributed by atoms with Crippen LogP contribution in [-0.2, 0) is 0 Å². The Kier molecular flexibility index (Phi) is 4.49. The van der Waals surface area contributed by atoms with E-state index in [4.69, 9.17) is 5.73 Å².